The molecule has 1 aliphatic rings. The van der Waals surface area contributed by atoms with Crippen molar-refractivity contribution < 1.29 is 18.4 Å². The van der Waals surface area contributed by atoms with Gasteiger partial charge in [0.25, 0.3) is 11.8 Å². The van der Waals surface area contributed by atoms with Crippen LogP contribution in [0.3, 0.4) is 0 Å². The van der Waals surface area contributed by atoms with Crippen LogP contribution in [-0.4, -0.2) is 57.6 Å². The van der Waals surface area contributed by atoms with Crippen LogP contribution in [-0.2, 0) is 0 Å². The van der Waals surface area contributed by atoms with Crippen LogP contribution in [0.1, 0.15) is 26.7 Å². The minimum Gasteiger partial charge on any atom is -0.459 e. The van der Waals surface area contributed by atoms with Crippen molar-refractivity contribution in [2.75, 3.05) is 26.2 Å². The van der Waals surface area contributed by atoms with E-state index in [2.05, 4.69) is 5.10 Å². The maximum atomic E-state index is 14.2. The Hall–Kier alpha value is -3.75. The highest BCUT2D eigenvalue weighted by atomic mass is 19.1. The van der Waals surface area contributed by atoms with E-state index >= 15 is 0 Å². The molecular formula is C21H19FN4O4. The first-order valence-electron chi connectivity index (χ1n) is 9.43. The molecule has 1 aromatic carbocycles. The lowest BCUT2D eigenvalue weighted by atomic mass is 10.2. The predicted molar refractivity (Wildman–Crippen MR) is 105 cm³/mol. The van der Waals surface area contributed by atoms with Gasteiger partial charge in [-0.15, -0.1) is 0 Å². The topological polar surface area (TPSA) is 88.7 Å². The minimum absolute atomic E-state index is 0.151. The monoisotopic (exact) mass is 410 g/mol. The highest BCUT2D eigenvalue weighted by Gasteiger charge is 2.28. The Morgan fingerprint density at radius 2 is 1.67 bits per heavy atom. The molecule has 0 N–H and O–H groups in total. The summed E-state index contributed by atoms with van der Waals surface area (Å²) in [5, 5.41) is 4.15. The molecule has 0 unspecified atom stereocenters. The van der Waals surface area contributed by atoms with Gasteiger partial charge in [-0.25, -0.2) is 9.07 Å². The lowest BCUT2D eigenvalue weighted by molar-refractivity contribution is 0.0513. The number of aryl methyl sites for hydroxylation is 1. The van der Waals surface area contributed by atoms with Gasteiger partial charge in [0, 0.05) is 37.9 Å². The molecule has 0 spiro atoms. The molecule has 1 saturated heterocycles. The molecule has 9 heteroatoms. The number of nitrogens with zero attached hydrogens (tertiary/aromatic N) is 4. The van der Waals surface area contributed by atoms with Gasteiger partial charge in [-0.05, 0) is 31.2 Å². The molecule has 3 aromatic rings. The molecule has 0 radical (unpaired) electrons. The lowest BCUT2D eigenvalue weighted by Gasteiger charge is -2.34. The maximum absolute atomic E-state index is 14.2. The Bertz CT molecular complexity index is 1150. The van der Waals surface area contributed by atoms with Crippen molar-refractivity contribution >= 4 is 11.8 Å². The molecule has 8 nitrogen and oxygen atoms in total. The van der Waals surface area contributed by atoms with Gasteiger partial charge >= 0.3 is 0 Å². The molecule has 154 valence electrons. The summed E-state index contributed by atoms with van der Waals surface area (Å²) in [6.07, 6.45) is 1.43. The molecule has 30 heavy (non-hydrogen) atoms. The van der Waals surface area contributed by atoms with Gasteiger partial charge in [-0.1, -0.05) is 12.1 Å². The van der Waals surface area contributed by atoms with E-state index in [-0.39, 0.29) is 36.1 Å². The van der Waals surface area contributed by atoms with E-state index in [0.717, 1.165) is 0 Å². The van der Waals surface area contributed by atoms with E-state index < -0.39 is 17.2 Å². The fourth-order valence-electron chi connectivity index (χ4n) is 3.38. The van der Waals surface area contributed by atoms with Crippen LogP contribution < -0.4 is 5.43 Å². The van der Waals surface area contributed by atoms with Crippen molar-refractivity contribution in [2.45, 2.75) is 6.92 Å². The summed E-state index contributed by atoms with van der Waals surface area (Å²) in [7, 11) is 0. The first kappa shape index (κ1) is 19.6. The summed E-state index contributed by atoms with van der Waals surface area (Å²) >= 11 is 0. The fraction of sp³-hybridized carbons (Fsp3) is 0.238. The zero-order valence-electron chi connectivity index (χ0n) is 16.2. The molecule has 4 rings (SSSR count). The molecule has 0 atom stereocenters. The molecular weight excluding hydrogens is 391 g/mol. The molecule has 1 aliphatic heterocycles. The number of rotatable bonds is 3. The van der Waals surface area contributed by atoms with Crippen molar-refractivity contribution in [3.05, 3.63) is 81.9 Å². The standard InChI is InChI=1S/C21H19FN4O4/c1-14-13-17(27)19(23-26(14)16-6-3-2-5-15(16)22)21(29)25-10-8-24(9-11-25)20(28)18-7-4-12-30-18/h2-7,12-13H,8-11H2,1H3. The number of benzene rings is 1. The van der Waals surface area contributed by atoms with Crippen LogP contribution in [0, 0.1) is 12.7 Å². The number of halogens is 1. The van der Waals surface area contributed by atoms with E-state index in [1.54, 1.807) is 36.1 Å². The number of amides is 2. The Labute approximate surface area is 171 Å². The summed E-state index contributed by atoms with van der Waals surface area (Å²) < 4.78 is 20.6. The van der Waals surface area contributed by atoms with Crippen LogP contribution in [0.25, 0.3) is 5.69 Å². The third kappa shape index (κ3) is 3.61. The fourth-order valence-corrected chi connectivity index (χ4v) is 3.38. The van der Waals surface area contributed by atoms with Gasteiger partial charge in [-0.2, -0.15) is 5.10 Å². The van der Waals surface area contributed by atoms with E-state index in [9.17, 15) is 18.8 Å². The molecule has 0 bridgehead atoms. The summed E-state index contributed by atoms with van der Waals surface area (Å²) in [6.45, 7) is 2.73. The number of hydrogen-bond donors (Lipinski definition) is 0. The SMILES string of the molecule is Cc1cc(=O)c(C(=O)N2CCN(C(=O)c3ccco3)CC2)nn1-c1ccccc1F. The average molecular weight is 410 g/mol. The molecule has 2 amide bonds. The van der Waals surface area contributed by atoms with Gasteiger partial charge < -0.3 is 14.2 Å². The van der Waals surface area contributed by atoms with Crippen molar-refractivity contribution in [1.29, 1.82) is 0 Å². The summed E-state index contributed by atoms with van der Waals surface area (Å²) in [5.41, 5.74) is -0.248. The van der Waals surface area contributed by atoms with Gasteiger partial charge in [0.15, 0.2) is 11.5 Å². The second-order valence-corrected chi connectivity index (χ2v) is 6.92. The van der Waals surface area contributed by atoms with Gasteiger partial charge in [-0.3, -0.25) is 14.4 Å². The van der Waals surface area contributed by atoms with Crippen molar-refractivity contribution in [3.8, 4) is 5.69 Å². The molecule has 0 saturated carbocycles. The van der Waals surface area contributed by atoms with Crippen LogP contribution in [0.2, 0.25) is 0 Å². The number of carbonyl (C=O) groups excluding carboxylic acids is 2. The quantitative estimate of drug-likeness (QED) is 0.658. The Balaban J connectivity index is 1.54. The Morgan fingerprint density at radius 3 is 2.30 bits per heavy atom. The number of piperazine rings is 1. The second kappa shape index (κ2) is 7.94. The summed E-state index contributed by atoms with van der Waals surface area (Å²) in [4.78, 5) is 40.8. The van der Waals surface area contributed by atoms with Gasteiger partial charge in [0.1, 0.15) is 11.5 Å². The third-order valence-electron chi connectivity index (χ3n) is 4.98. The van der Waals surface area contributed by atoms with Gasteiger partial charge in [0.2, 0.25) is 5.43 Å². The van der Waals surface area contributed by atoms with E-state index in [1.807, 2.05) is 0 Å². The summed E-state index contributed by atoms with van der Waals surface area (Å²) in [6, 6.07) is 10.5. The van der Waals surface area contributed by atoms with Crippen molar-refractivity contribution in [2.24, 2.45) is 0 Å². The van der Waals surface area contributed by atoms with Crippen molar-refractivity contribution in [3.63, 3.8) is 0 Å². The highest BCUT2D eigenvalue weighted by molar-refractivity contribution is 5.93. The van der Waals surface area contributed by atoms with E-state index in [4.69, 9.17) is 4.42 Å². The zero-order valence-corrected chi connectivity index (χ0v) is 16.2. The third-order valence-corrected chi connectivity index (χ3v) is 4.98. The van der Waals surface area contributed by atoms with E-state index in [0.29, 0.717) is 18.8 Å². The highest BCUT2D eigenvalue weighted by Crippen LogP contribution is 2.14. The number of para-hydroxylation sites is 1. The molecule has 0 aliphatic carbocycles. The minimum atomic E-state index is -0.546. The van der Waals surface area contributed by atoms with Crippen molar-refractivity contribution in [1.82, 2.24) is 19.6 Å². The average Bonchev–Trinajstić information content (AvgIpc) is 3.29. The molecule has 3 heterocycles. The number of furan rings is 1. The Kier molecular flexibility index (Phi) is 5.18. The largest absolute Gasteiger partial charge is 0.459 e. The Morgan fingerprint density at radius 1 is 1.00 bits per heavy atom. The lowest BCUT2D eigenvalue weighted by Crippen LogP contribution is -2.51. The van der Waals surface area contributed by atoms with E-state index in [1.165, 1.54) is 34.0 Å². The van der Waals surface area contributed by atoms with Crippen LogP contribution >= 0.6 is 0 Å². The zero-order chi connectivity index (χ0) is 21.3. The maximum Gasteiger partial charge on any atom is 0.289 e. The molecule has 1 fully saturated rings. The number of hydrogen-bond acceptors (Lipinski definition) is 5. The van der Waals surface area contributed by atoms with Crippen LogP contribution in [0.5, 0.6) is 0 Å². The first-order valence-corrected chi connectivity index (χ1v) is 9.43. The summed E-state index contributed by atoms with van der Waals surface area (Å²) in [5.74, 6) is -1.07. The number of aromatic nitrogens is 2. The smallest absolute Gasteiger partial charge is 0.289 e. The number of carbonyl (C=O) groups is 2. The normalized spacial score (nSPS) is 14.1. The second-order valence-electron chi connectivity index (χ2n) is 6.92. The van der Waals surface area contributed by atoms with Crippen LogP contribution in [0.15, 0.2) is 57.9 Å². The predicted octanol–water partition coefficient (Wildman–Crippen LogP) is 1.87. The van der Waals surface area contributed by atoms with Gasteiger partial charge in [0.05, 0.1) is 6.26 Å². The first-order chi connectivity index (χ1) is 14.5. The van der Waals surface area contributed by atoms with Crippen LogP contribution in [0.4, 0.5) is 4.39 Å². The molecule has 2 aromatic heterocycles.